The van der Waals surface area contributed by atoms with Crippen molar-refractivity contribution in [2.45, 2.75) is 19.8 Å². The van der Waals surface area contributed by atoms with E-state index < -0.39 is 0 Å². The number of aryl methyl sites for hydroxylation is 1. The normalized spacial score (nSPS) is 27.8. The number of hydrogen-bond acceptors (Lipinski definition) is 1. The lowest BCUT2D eigenvalue weighted by Gasteiger charge is -2.14. The monoisotopic (exact) mass is 175 g/mol. The van der Waals surface area contributed by atoms with Crippen molar-refractivity contribution >= 4 is 0 Å². The number of rotatable bonds is 1. The van der Waals surface area contributed by atoms with Gasteiger partial charge >= 0.3 is 0 Å². The molecule has 2 rings (SSSR count). The second kappa shape index (κ2) is 3.51. The van der Waals surface area contributed by atoms with Crippen LogP contribution < -0.4 is 5.32 Å². The number of benzene rings is 1. The average Bonchev–Trinajstić information content (AvgIpc) is 2.51. The molecule has 1 fully saturated rings. The molecule has 1 aromatic rings. The van der Waals surface area contributed by atoms with Crippen LogP contribution in [0.5, 0.6) is 0 Å². The first kappa shape index (κ1) is 8.76. The maximum atomic E-state index is 3.44. The first-order valence-electron chi connectivity index (χ1n) is 5.04. The van der Waals surface area contributed by atoms with Gasteiger partial charge in [0, 0.05) is 12.5 Å². The van der Waals surface area contributed by atoms with E-state index in [0.717, 1.165) is 18.4 Å². The summed E-state index contributed by atoms with van der Waals surface area (Å²) in [5.41, 5.74) is 2.87. The van der Waals surface area contributed by atoms with Gasteiger partial charge in [-0.2, -0.15) is 0 Å². The molecular formula is C12H17N. The second-order valence-electron chi connectivity index (χ2n) is 4.16. The SMILES string of the molecule is Cc1cccc([C@H]2CNC[C@H]2C)c1. The summed E-state index contributed by atoms with van der Waals surface area (Å²) in [5, 5.41) is 3.44. The summed E-state index contributed by atoms with van der Waals surface area (Å²) in [6.07, 6.45) is 0. The third-order valence-electron chi connectivity index (χ3n) is 2.99. The van der Waals surface area contributed by atoms with E-state index in [0.29, 0.717) is 0 Å². The summed E-state index contributed by atoms with van der Waals surface area (Å²) < 4.78 is 0. The molecular weight excluding hydrogens is 158 g/mol. The Hall–Kier alpha value is -0.820. The van der Waals surface area contributed by atoms with Crippen molar-refractivity contribution in [3.8, 4) is 0 Å². The van der Waals surface area contributed by atoms with Crippen LogP contribution in [0.3, 0.4) is 0 Å². The molecule has 1 N–H and O–H groups in total. The lowest BCUT2D eigenvalue weighted by Crippen LogP contribution is -2.08. The minimum absolute atomic E-state index is 0.722. The topological polar surface area (TPSA) is 12.0 Å². The molecule has 1 heteroatoms. The van der Waals surface area contributed by atoms with Gasteiger partial charge in [0.2, 0.25) is 0 Å². The van der Waals surface area contributed by atoms with Crippen LogP contribution in [0.25, 0.3) is 0 Å². The molecule has 1 saturated heterocycles. The highest BCUT2D eigenvalue weighted by atomic mass is 14.9. The highest BCUT2D eigenvalue weighted by Crippen LogP contribution is 2.27. The molecule has 0 unspecified atom stereocenters. The van der Waals surface area contributed by atoms with Gasteiger partial charge in [-0.15, -0.1) is 0 Å². The Kier molecular flexibility index (Phi) is 2.36. The van der Waals surface area contributed by atoms with Gasteiger partial charge < -0.3 is 5.32 Å². The third kappa shape index (κ3) is 1.75. The maximum absolute atomic E-state index is 3.44. The fourth-order valence-electron chi connectivity index (χ4n) is 2.16. The summed E-state index contributed by atoms with van der Waals surface area (Å²) in [4.78, 5) is 0. The van der Waals surface area contributed by atoms with Gasteiger partial charge in [0.15, 0.2) is 0 Å². The summed E-state index contributed by atoms with van der Waals surface area (Å²) in [7, 11) is 0. The van der Waals surface area contributed by atoms with E-state index in [1.54, 1.807) is 0 Å². The quantitative estimate of drug-likeness (QED) is 0.690. The van der Waals surface area contributed by atoms with E-state index in [4.69, 9.17) is 0 Å². The molecule has 0 amide bonds. The molecule has 0 aliphatic carbocycles. The highest BCUT2D eigenvalue weighted by molar-refractivity contribution is 5.27. The van der Waals surface area contributed by atoms with E-state index >= 15 is 0 Å². The lowest BCUT2D eigenvalue weighted by molar-refractivity contribution is 0.572. The first-order chi connectivity index (χ1) is 6.27. The molecule has 70 valence electrons. The smallest absolute Gasteiger partial charge is 0.00233 e. The molecule has 0 spiro atoms. The molecule has 1 aliphatic rings. The van der Waals surface area contributed by atoms with Crippen LogP contribution in [0, 0.1) is 12.8 Å². The summed E-state index contributed by atoms with van der Waals surface area (Å²) in [6.45, 7) is 6.80. The Labute approximate surface area is 80.2 Å². The zero-order valence-electron chi connectivity index (χ0n) is 8.38. The standard InChI is InChI=1S/C12H17N/c1-9-4-3-5-11(6-9)12-8-13-7-10(12)2/h3-6,10,12-13H,7-8H2,1-2H3/t10-,12+/m1/s1. The van der Waals surface area contributed by atoms with Gasteiger partial charge in [0.1, 0.15) is 0 Å². The molecule has 13 heavy (non-hydrogen) atoms. The minimum atomic E-state index is 0.722. The van der Waals surface area contributed by atoms with Crippen LogP contribution >= 0.6 is 0 Å². The van der Waals surface area contributed by atoms with Crippen molar-refractivity contribution in [3.05, 3.63) is 35.4 Å². The van der Waals surface area contributed by atoms with Gasteiger partial charge in [-0.05, 0) is 24.9 Å². The lowest BCUT2D eigenvalue weighted by atomic mass is 9.90. The Bertz CT molecular complexity index is 293. The zero-order chi connectivity index (χ0) is 9.26. The van der Waals surface area contributed by atoms with Crippen molar-refractivity contribution in [3.63, 3.8) is 0 Å². The van der Waals surface area contributed by atoms with E-state index in [1.165, 1.54) is 17.7 Å². The van der Waals surface area contributed by atoms with E-state index in [2.05, 4.69) is 43.4 Å². The van der Waals surface area contributed by atoms with Gasteiger partial charge in [-0.1, -0.05) is 36.8 Å². The van der Waals surface area contributed by atoms with Gasteiger partial charge in [0.05, 0.1) is 0 Å². The Morgan fingerprint density at radius 3 is 2.77 bits per heavy atom. The van der Waals surface area contributed by atoms with Crippen LogP contribution in [0.2, 0.25) is 0 Å². The Morgan fingerprint density at radius 2 is 2.15 bits per heavy atom. The van der Waals surface area contributed by atoms with Gasteiger partial charge in [-0.3, -0.25) is 0 Å². The van der Waals surface area contributed by atoms with Crippen LogP contribution in [0.15, 0.2) is 24.3 Å². The van der Waals surface area contributed by atoms with Crippen molar-refractivity contribution in [1.29, 1.82) is 0 Å². The zero-order valence-corrected chi connectivity index (χ0v) is 8.38. The van der Waals surface area contributed by atoms with Crippen LogP contribution in [0.4, 0.5) is 0 Å². The van der Waals surface area contributed by atoms with Crippen LogP contribution in [0.1, 0.15) is 24.0 Å². The summed E-state index contributed by atoms with van der Waals surface area (Å²) in [5.74, 6) is 1.50. The van der Waals surface area contributed by atoms with Crippen LogP contribution in [-0.4, -0.2) is 13.1 Å². The van der Waals surface area contributed by atoms with Gasteiger partial charge in [-0.25, -0.2) is 0 Å². The molecule has 1 heterocycles. The van der Waals surface area contributed by atoms with Gasteiger partial charge in [0.25, 0.3) is 0 Å². The molecule has 2 atom stereocenters. The molecule has 1 nitrogen and oxygen atoms in total. The largest absolute Gasteiger partial charge is 0.316 e. The third-order valence-corrected chi connectivity index (χ3v) is 2.99. The minimum Gasteiger partial charge on any atom is -0.316 e. The summed E-state index contributed by atoms with van der Waals surface area (Å²) >= 11 is 0. The number of hydrogen-bond donors (Lipinski definition) is 1. The van der Waals surface area contributed by atoms with E-state index in [9.17, 15) is 0 Å². The molecule has 0 aromatic heterocycles. The first-order valence-corrected chi connectivity index (χ1v) is 5.04. The molecule has 0 saturated carbocycles. The van der Waals surface area contributed by atoms with Crippen molar-refractivity contribution < 1.29 is 0 Å². The fraction of sp³-hybridized carbons (Fsp3) is 0.500. The predicted molar refractivity (Wildman–Crippen MR) is 56.0 cm³/mol. The summed E-state index contributed by atoms with van der Waals surface area (Å²) in [6, 6.07) is 8.89. The molecule has 1 aromatic carbocycles. The maximum Gasteiger partial charge on any atom is 0.00233 e. The average molecular weight is 175 g/mol. The van der Waals surface area contributed by atoms with Crippen molar-refractivity contribution in [1.82, 2.24) is 5.32 Å². The molecule has 1 aliphatic heterocycles. The second-order valence-corrected chi connectivity index (χ2v) is 4.16. The van der Waals surface area contributed by atoms with Crippen LogP contribution in [-0.2, 0) is 0 Å². The number of nitrogens with one attached hydrogen (secondary N) is 1. The highest BCUT2D eigenvalue weighted by Gasteiger charge is 2.24. The van der Waals surface area contributed by atoms with E-state index in [-0.39, 0.29) is 0 Å². The van der Waals surface area contributed by atoms with Crippen molar-refractivity contribution in [2.24, 2.45) is 5.92 Å². The van der Waals surface area contributed by atoms with E-state index in [1.807, 2.05) is 0 Å². The molecule has 0 bridgehead atoms. The van der Waals surface area contributed by atoms with Crippen molar-refractivity contribution in [2.75, 3.05) is 13.1 Å². The Balaban J connectivity index is 2.24. The molecule has 0 radical (unpaired) electrons. The predicted octanol–water partition coefficient (Wildman–Crippen LogP) is 2.32. The fourth-order valence-corrected chi connectivity index (χ4v) is 2.16. The Morgan fingerprint density at radius 1 is 1.31 bits per heavy atom.